The zero-order valence-corrected chi connectivity index (χ0v) is 6.39. The summed E-state index contributed by atoms with van der Waals surface area (Å²) in [6.45, 7) is -0.0559. The topological polar surface area (TPSA) is 81.8 Å². The SMILES string of the molecule is O=[N+]([O-])c1c(O)ccc2c1OCO2. The summed E-state index contributed by atoms with van der Waals surface area (Å²) in [6, 6.07) is 2.62. The minimum atomic E-state index is -0.706. The number of nitro groups is 1. The molecule has 0 spiro atoms. The van der Waals surface area contributed by atoms with Crippen LogP contribution in [0.2, 0.25) is 0 Å². The molecule has 0 bridgehead atoms. The maximum atomic E-state index is 10.5. The number of benzene rings is 1. The Balaban J connectivity index is 2.65. The fourth-order valence-electron chi connectivity index (χ4n) is 1.12. The van der Waals surface area contributed by atoms with Crippen molar-refractivity contribution >= 4 is 5.69 Å². The fourth-order valence-corrected chi connectivity index (χ4v) is 1.12. The van der Waals surface area contributed by atoms with Crippen LogP contribution in [0.15, 0.2) is 12.1 Å². The van der Waals surface area contributed by atoms with Crippen molar-refractivity contribution in [3.8, 4) is 17.2 Å². The lowest BCUT2D eigenvalue weighted by molar-refractivity contribution is -0.386. The van der Waals surface area contributed by atoms with Crippen LogP contribution < -0.4 is 9.47 Å². The van der Waals surface area contributed by atoms with E-state index in [2.05, 4.69) is 0 Å². The van der Waals surface area contributed by atoms with Gasteiger partial charge in [-0.1, -0.05) is 0 Å². The molecule has 1 aromatic rings. The first-order valence-electron chi connectivity index (χ1n) is 3.46. The molecule has 0 radical (unpaired) electrons. The van der Waals surface area contributed by atoms with Crippen molar-refractivity contribution in [2.75, 3.05) is 6.79 Å². The maximum Gasteiger partial charge on any atom is 0.356 e. The second-order valence-electron chi connectivity index (χ2n) is 2.42. The molecule has 13 heavy (non-hydrogen) atoms. The van der Waals surface area contributed by atoms with Crippen LogP contribution >= 0.6 is 0 Å². The molecule has 0 amide bonds. The highest BCUT2D eigenvalue weighted by Crippen LogP contribution is 2.45. The van der Waals surface area contributed by atoms with Crippen molar-refractivity contribution in [2.24, 2.45) is 0 Å². The normalized spacial score (nSPS) is 12.9. The molecule has 1 heterocycles. The number of hydrogen-bond acceptors (Lipinski definition) is 5. The number of rotatable bonds is 1. The van der Waals surface area contributed by atoms with Crippen molar-refractivity contribution in [3.05, 3.63) is 22.2 Å². The standard InChI is InChI=1S/C7H5NO5/c9-4-1-2-5-7(13-3-12-5)6(4)8(10)11/h1-2,9H,3H2. The van der Waals surface area contributed by atoms with E-state index < -0.39 is 16.4 Å². The Labute approximate surface area is 72.5 Å². The first kappa shape index (κ1) is 7.66. The lowest BCUT2D eigenvalue weighted by atomic mass is 10.2. The molecule has 1 aliphatic heterocycles. The Morgan fingerprint density at radius 2 is 2.23 bits per heavy atom. The fraction of sp³-hybridized carbons (Fsp3) is 0.143. The average molecular weight is 183 g/mol. The van der Waals surface area contributed by atoms with Crippen LogP contribution in [-0.2, 0) is 0 Å². The minimum absolute atomic E-state index is 0.00926. The summed E-state index contributed by atoms with van der Waals surface area (Å²) in [4.78, 5) is 9.79. The second-order valence-corrected chi connectivity index (χ2v) is 2.42. The van der Waals surface area contributed by atoms with Gasteiger partial charge in [-0.2, -0.15) is 0 Å². The van der Waals surface area contributed by atoms with E-state index in [9.17, 15) is 10.1 Å². The number of aromatic hydroxyl groups is 1. The van der Waals surface area contributed by atoms with Gasteiger partial charge in [0.05, 0.1) is 4.92 Å². The van der Waals surface area contributed by atoms with Crippen molar-refractivity contribution in [3.63, 3.8) is 0 Å². The molecule has 1 aliphatic rings. The first-order valence-corrected chi connectivity index (χ1v) is 3.46. The predicted octanol–water partition coefficient (Wildman–Crippen LogP) is 1.03. The van der Waals surface area contributed by atoms with Gasteiger partial charge in [0.2, 0.25) is 12.5 Å². The van der Waals surface area contributed by atoms with Crippen molar-refractivity contribution in [1.82, 2.24) is 0 Å². The molecule has 1 N–H and O–H groups in total. The molecular formula is C7H5NO5. The summed E-state index contributed by atoms with van der Waals surface area (Å²) in [6.07, 6.45) is 0. The highest BCUT2D eigenvalue weighted by Gasteiger charge is 2.29. The number of ether oxygens (including phenoxy) is 2. The van der Waals surface area contributed by atoms with Gasteiger partial charge >= 0.3 is 5.69 Å². The molecule has 2 rings (SSSR count). The third-order valence-corrected chi connectivity index (χ3v) is 1.67. The van der Waals surface area contributed by atoms with Gasteiger partial charge in [-0.3, -0.25) is 10.1 Å². The van der Waals surface area contributed by atoms with Crippen LogP contribution in [0, 0.1) is 10.1 Å². The monoisotopic (exact) mass is 183 g/mol. The Morgan fingerprint density at radius 1 is 1.46 bits per heavy atom. The van der Waals surface area contributed by atoms with Crippen LogP contribution in [0.1, 0.15) is 0 Å². The molecule has 68 valence electrons. The maximum absolute atomic E-state index is 10.5. The number of phenols is 1. The summed E-state index contributed by atoms with van der Waals surface area (Å²) in [5.74, 6) is -0.149. The van der Waals surface area contributed by atoms with Crippen molar-refractivity contribution in [1.29, 1.82) is 0 Å². The molecule has 0 saturated carbocycles. The Kier molecular flexibility index (Phi) is 1.48. The smallest absolute Gasteiger partial charge is 0.356 e. The summed E-state index contributed by atoms with van der Waals surface area (Å²) in [7, 11) is 0. The van der Waals surface area contributed by atoms with E-state index in [1.54, 1.807) is 0 Å². The van der Waals surface area contributed by atoms with E-state index in [0.717, 1.165) is 0 Å². The number of nitrogens with zero attached hydrogens (tertiary/aromatic N) is 1. The van der Waals surface area contributed by atoms with Gasteiger partial charge < -0.3 is 14.6 Å². The summed E-state index contributed by atoms with van der Waals surface area (Å²) < 4.78 is 9.75. The zero-order valence-electron chi connectivity index (χ0n) is 6.39. The average Bonchev–Trinajstić information content (AvgIpc) is 2.50. The molecule has 0 saturated heterocycles. The van der Waals surface area contributed by atoms with Crippen molar-refractivity contribution < 1.29 is 19.5 Å². The lowest BCUT2D eigenvalue weighted by Gasteiger charge is -1.98. The molecule has 0 aromatic heterocycles. The Hall–Kier alpha value is -1.98. The quantitative estimate of drug-likeness (QED) is 0.519. The van der Waals surface area contributed by atoms with E-state index in [1.807, 2.05) is 0 Å². The van der Waals surface area contributed by atoms with E-state index in [0.29, 0.717) is 0 Å². The Bertz CT molecular complexity index is 375. The van der Waals surface area contributed by atoms with Crippen LogP contribution in [0.5, 0.6) is 17.2 Å². The highest BCUT2D eigenvalue weighted by atomic mass is 16.7. The lowest BCUT2D eigenvalue weighted by Crippen LogP contribution is -1.95. The number of phenolic OH excluding ortho intramolecular Hbond substituents is 1. The van der Waals surface area contributed by atoms with E-state index in [-0.39, 0.29) is 18.3 Å². The van der Waals surface area contributed by atoms with Gasteiger partial charge in [0.15, 0.2) is 11.5 Å². The molecular weight excluding hydrogens is 178 g/mol. The second kappa shape index (κ2) is 2.51. The molecule has 0 fully saturated rings. The van der Waals surface area contributed by atoms with Gasteiger partial charge in [-0.05, 0) is 12.1 Å². The van der Waals surface area contributed by atoms with Gasteiger partial charge in [0.25, 0.3) is 0 Å². The highest BCUT2D eigenvalue weighted by molar-refractivity contribution is 5.64. The summed E-state index contributed by atoms with van der Waals surface area (Å²) >= 11 is 0. The van der Waals surface area contributed by atoms with Gasteiger partial charge in [-0.25, -0.2) is 0 Å². The molecule has 6 heteroatoms. The minimum Gasteiger partial charge on any atom is -0.502 e. The molecule has 0 aliphatic carbocycles. The number of hydrogen-bond donors (Lipinski definition) is 1. The third-order valence-electron chi connectivity index (χ3n) is 1.67. The Morgan fingerprint density at radius 3 is 2.92 bits per heavy atom. The van der Waals surface area contributed by atoms with Gasteiger partial charge in [0.1, 0.15) is 0 Å². The summed E-state index contributed by atoms with van der Waals surface area (Å²) in [5, 5.41) is 19.7. The number of fused-ring (bicyclic) bond motifs is 1. The number of nitro benzene ring substituents is 1. The van der Waals surface area contributed by atoms with Crippen LogP contribution in [-0.4, -0.2) is 16.8 Å². The van der Waals surface area contributed by atoms with Crippen molar-refractivity contribution in [2.45, 2.75) is 0 Å². The van der Waals surface area contributed by atoms with E-state index in [4.69, 9.17) is 14.6 Å². The summed E-state index contributed by atoms with van der Waals surface area (Å²) in [5.41, 5.74) is -0.449. The van der Waals surface area contributed by atoms with Crippen LogP contribution in [0.3, 0.4) is 0 Å². The molecule has 0 atom stereocenters. The first-order chi connectivity index (χ1) is 6.20. The zero-order chi connectivity index (χ0) is 9.42. The molecule has 0 unspecified atom stereocenters. The van der Waals surface area contributed by atoms with E-state index >= 15 is 0 Å². The van der Waals surface area contributed by atoms with Crippen LogP contribution in [0.25, 0.3) is 0 Å². The van der Waals surface area contributed by atoms with E-state index in [1.165, 1.54) is 12.1 Å². The molecule has 1 aromatic carbocycles. The van der Waals surface area contributed by atoms with Gasteiger partial charge in [-0.15, -0.1) is 0 Å². The van der Waals surface area contributed by atoms with Crippen LogP contribution in [0.4, 0.5) is 5.69 Å². The third kappa shape index (κ3) is 1.03. The predicted molar refractivity (Wildman–Crippen MR) is 40.9 cm³/mol. The molecule has 6 nitrogen and oxygen atoms in total. The van der Waals surface area contributed by atoms with Gasteiger partial charge in [0, 0.05) is 0 Å². The largest absolute Gasteiger partial charge is 0.502 e.